The Labute approximate surface area is 188 Å². The van der Waals surface area contributed by atoms with Gasteiger partial charge in [-0.05, 0) is 31.4 Å². The van der Waals surface area contributed by atoms with Gasteiger partial charge in [0.25, 0.3) is 5.91 Å². The first-order chi connectivity index (χ1) is 14.7. The Bertz CT molecular complexity index is 1040. The summed E-state index contributed by atoms with van der Waals surface area (Å²) in [4.78, 5) is 23.4. The average molecular weight is 463 g/mol. The van der Waals surface area contributed by atoms with E-state index >= 15 is 0 Å². The third-order valence-corrected chi connectivity index (χ3v) is 6.15. The fourth-order valence-electron chi connectivity index (χ4n) is 3.63. The van der Waals surface area contributed by atoms with E-state index in [0.717, 1.165) is 54.5 Å². The molecule has 0 saturated carbocycles. The van der Waals surface area contributed by atoms with Crippen molar-refractivity contribution >= 4 is 33.2 Å². The van der Waals surface area contributed by atoms with Gasteiger partial charge in [0.05, 0.1) is 18.4 Å². The Balaban J connectivity index is 1.76. The lowest BCUT2D eigenvalue weighted by atomic mass is 10.0. The molecule has 31 heavy (non-hydrogen) atoms. The average Bonchev–Trinajstić information content (AvgIpc) is 2.98. The fraction of sp³-hybridized carbons (Fsp3) is 0.409. The Morgan fingerprint density at radius 3 is 2.68 bits per heavy atom. The van der Waals surface area contributed by atoms with E-state index in [9.17, 15) is 13.2 Å². The van der Waals surface area contributed by atoms with Gasteiger partial charge in [0.1, 0.15) is 11.5 Å². The molecule has 1 aliphatic rings. The topological polar surface area (TPSA) is 92.3 Å². The van der Waals surface area contributed by atoms with Gasteiger partial charge in [0, 0.05) is 29.3 Å². The zero-order chi connectivity index (χ0) is 22.4. The standard InChI is InChI=1S/C22H27ClN4O3S/c1-16(11-13-31(2,29)30)26-22(28)19-14-25-21(15-24-19)27-12-7-3-4-10-20(27)17-8-5-6-9-18(17)23/h5-6,8-9,11,13-16,20H,3-4,7,10,12H2,1-2H3,(H,26,28)/b13-11+/t16-,20?/m1/s1. The second kappa shape index (κ2) is 10.2. The summed E-state index contributed by atoms with van der Waals surface area (Å²) in [6.45, 7) is 2.52. The second-order valence-electron chi connectivity index (χ2n) is 7.76. The number of nitrogens with zero attached hydrogens (tertiary/aromatic N) is 3. The van der Waals surface area contributed by atoms with Gasteiger partial charge in [-0.15, -0.1) is 0 Å². The monoisotopic (exact) mass is 462 g/mol. The molecule has 3 rings (SSSR count). The maximum absolute atomic E-state index is 12.4. The van der Waals surface area contributed by atoms with Crippen LogP contribution in [0, 0.1) is 0 Å². The number of sulfone groups is 1. The number of carbonyl (C=O) groups excluding carboxylic acids is 1. The number of carbonyl (C=O) groups is 1. The molecule has 1 saturated heterocycles. The molecule has 1 unspecified atom stereocenters. The third kappa shape index (κ3) is 6.51. The van der Waals surface area contributed by atoms with Crippen LogP contribution in [0.3, 0.4) is 0 Å². The van der Waals surface area contributed by atoms with Crippen LogP contribution in [-0.2, 0) is 9.84 Å². The largest absolute Gasteiger partial charge is 0.348 e. The van der Waals surface area contributed by atoms with E-state index in [0.29, 0.717) is 5.82 Å². The summed E-state index contributed by atoms with van der Waals surface area (Å²) in [5.74, 6) is 0.289. The van der Waals surface area contributed by atoms with Gasteiger partial charge >= 0.3 is 0 Å². The number of hydrogen-bond donors (Lipinski definition) is 1. The molecule has 1 aromatic carbocycles. The number of anilines is 1. The van der Waals surface area contributed by atoms with Gasteiger partial charge in [-0.3, -0.25) is 4.79 Å². The van der Waals surface area contributed by atoms with E-state index < -0.39 is 21.8 Å². The van der Waals surface area contributed by atoms with Crippen molar-refractivity contribution in [3.8, 4) is 0 Å². The van der Waals surface area contributed by atoms with E-state index in [4.69, 9.17) is 11.6 Å². The number of rotatable bonds is 6. The van der Waals surface area contributed by atoms with Crippen LogP contribution in [-0.4, -0.2) is 43.1 Å². The van der Waals surface area contributed by atoms with Crippen LogP contribution in [0.4, 0.5) is 5.82 Å². The molecule has 0 bridgehead atoms. The molecule has 7 nitrogen and oxygen atoms in total. The zero-order valence-electron chi connectivity index (χ0n) is 17.7. The normalized spacial score (nSPS) is 18.5. The lowest BCUT2D eigenvalue weighted by Crippen LogP contribution is -2.32. The summed E-state index contributed by atoms with van der Waals surface area (Å²) in [7, 11) is -3.25. The smallest absolute Gasteiger partial charge is 0.271 e. The highest BCUT2D eigenvalue weighted by molar-refractivity contribution is 7.93. The molecule has 0 radical (unpaired) electrons. The van der Waals surface area contributed by atoms with Gasteiger partial charge in [-0.1, -0.05) is 48.7 Å². The Hall–Kier alpha value is -2.45. The molecular weight excluding hydrogens is 436 g/mol. The SMILES string of the molecule is C[C@H](/C=C/S(C)(=O)=O)NC(=O)c1cnc(N2CCCCCC2c2ccccc2Cl)cn1. The maximum Gasteiger partial charge on any atom is 0.271 e. The first-order valence-electron chi connectivity index (χ1n) is 10.3. The molecule has 1 aliphatic heterocycles. The lowest BCUT2D eigenvalue weighted by molar-refractivity contribution is 0.0941. The van der Waals surface area contributed by atoms with Crippen LogP contribution in [0.5, 0.6) is 0 Å². The molecule has 1 amide bonds. The molecule has 2 aromatic rings. The molecular formula is C22H27ClN4O3S. The van der Waals surface area contributed by atoms with E-state index in [1.54, 1.807) is 13.1 Å². The molecule has 1 N–H and O–H groups in total. The summed E-state index contributed by atoms with van der Waals surface area (Å²) in [5, 5.41) is 4.50. The van der Waals surface area contributed by atoms with E-state index in [1.165, 1.54) is 12.3 Å². The maximum atomic E-state index is 12.4. The highest BCUT2D eigenvalue weighted by Gasteiger charge is 2.26. The molecule has 0 aliphatic carbocycles. The van der Waals surface area contributed by atoms with Crippen molar-refractivity contribution in [1.82, 2.24) is 15.3 Å². The van der Waals surface area contributed by atoms with Crippen molar-refractivity contribution < 1.29 is 13.2 Å². The summed E-state index contributed by atoms with van der Waals surface area (Å²) in [6, 6.07) is 7.50. The molecule has 2 atom stereocenters. The van der Waals surface area contributed by atoms with Gasteiger partial charge in [-0.2, -0.15) is 0 Å². The van der Waals surface area contributed by atoms with Crippen LogP contribution in [0.2, 0.25) is 5.02 Å². The van der Waals surface area contributed by atoms with E-state index in [-0.39, 0.29) is 11.7 Å². The predicted octanol–water partition coefficient (Wildman–Crippen LogP) is 3.93. The van der Waals surface area contributed by atoms with Gasteiger partial charge in [0.2, 0.25) is 0 Å². The lowest BCUT2D eigenvalue weighted by Gasteiger charge is -2.31. The fourth-order valence-corrected chi connectivity index (χ4v) is 4.41. The number of benzene rings is 1. The van der Waals surface area contributed by atoms with Crippen molar-refractivity contribution in [3.63, 3.8) is 0 Å². The van der Waals surface area contributed by atoms with Crippen molar-refractivity contribution in [2.24, 2.45) is 0 Å². The first kappa shape index (κ1) is 23.2. The van der Waals surface area contributed by atoms with Crippen molar-refractivity contribution in [2.45, 2.75) is 44.7 Å². The van der Waals surface area contributed by atoms with Gasteiger partial charge in [-0.25, -0.2) is 18.4 Å². The number of nitrogens with one attached hydrogen (secondary N) is 1. The van der Waals surface area contributed by atoms with Crippen LogP contribution in [0.15, 0.2) is 48.1 Å². The third-order valence-electron chi connectivity index (χ3n) is 5.16. The Kier molecular flexibility index (Phi) is 7.67. The minimum Gasteiger partial charge on any atom is -0.348 e. The van der Waals surface area contributed by atoms with Gasteiger partial charge < -0.3 is 10.2 Å². The van der Waals surface area contributed by atoms with Crippen LogP contribution >= 0.6 is 11.6 Å². The number of halogens is 1. The minimum absolute atomic E-state index is 0.103. The van der Waals surface area contributed by atoms with Crippen molar-refractivity contribution in [1.29, 1.82) is 0 Å². The number of hydrogen-bond acceptors (Lipinski definition) is 6. The molecule has 1 aromatic heterocycles. The summed E-state index contributed by atoms with van der Waals surface area (Å²) < 4.78 is 22.4. The van der Waals surface area contributed by atoms with E-state index in [1.807, 2.05) is 24.3 Å². The van der Waals surface area contributed by atoms with Crippen molar-refractivity contribution in [2.75, 3.05) is 17.7 Å². The highest BCUT2D eigenvalue weighted by Crippen LogP contribution is 2.36. The van der Waals surface area contributed by atoms with Crippen LogP contribution < -0.4 is 10.2 Å². The molecule has 166 valence electrons. The number of aromatic nitrogens is 2. The van der Waals surface area contributed by atoms with Gasteiger partial charge in [0.15, 0.2) is 9.84 Å². The Morgan fingerprint density at radius 1 is 1.23 bits per heavy atom. The number of amides is 1. The minimum atomic E-state index is -3.25. The quantitative estimate of drug-likeness (QED) is 0.699. The predicted molar refractivity (Wildman–Crippen MR) is 123 cm³/mol. The summed E-state index contributed by atoms with van der Waals surface area (Å²) >= 11 is 6.47. The van der Waals surface area contributed by atoms with Crippen LogP contribution in [0.1, 0.15) is 54.7 Å². The zero-order valence-corrected chi connectivity index (χ0v) is 19.2. The molecule has 9 heteroatoms. The first-order valence-corrected chi connectivity index (χ1v) is 12.6. The summed E-state index contributed by atoms with van der Waals surface area (Å²) in [5.41, 5.74) is 1.24. The highest BCUT2D eigenvalue weighted by atomic mass is 35.5. The Morgan fingerprint density at radius 2 is 2.00 bits per heavy atom. The van der Waals surface area contributed by atoms with Crippen molar-refractivity contribution in [3.05, 3.63) is 64.4 Å². The van der Waals surface area contributed by atoms with Crippen LogP contribution in [0.25, 0.3) is 0 Å². The molecule has 2 heterocycles. The molecule has 0 spiro atoms. The molecule has 1 fully saturated rings. The summed E-state index contributed by atoms with van der Waals surface area (Å²) in [6.07, 6.45) is 9.85. The second-order valence-corrected chi connectivity index (χ2v) is 10.1. The van der Waals surface area contributed by atoms with E-state index in [2.05, 4.69) is 20.2 Å².